The molecule has 0 atom stereocenters. The number of benzene rings is 2. The van der Waals surface area contributed by atoms with Crippen molar-refractivity contribution in [2.45, 2.75) is 0 Å². The van der Waals surface area contributed by atoms with Crippen molar-refractivity contribution in [3.63, 3.8) is 0 Å². The fraction of sp³-hybridized carbons (Fsp3) is 0.125. The number of nitrogens with zero attached hydrogens (tertiary/aromatic N) is 1. The summed E-state index contributed by atoms with van der Waals surface area (Å²) in [5, 5.41) is 8.68. The molecule has 0 unspecified atom stereocenters. The molecular formula is C16H12BrNO3. The number of halogens is 1. The normalized spacial score (nSPS) is 9.71. The van der Waals surface area contributed by atoms with Gasteiger partial charge in [0.25, 0.3) is 0 Å². The first-order valence-corrected chi connectivity index (χ1v) is 7.04. The lowest BCUT2D eigenvalue weighted by Gasteiger charge is -2.07. The van der Waals surface area contributed by atoms with Gasteiger partial charge in [0.1, 0.15) is 19.0 Å². The molecule has 0 spiro atoms. The maximum absolute atomic E-state index is 11.7. The summed E-state index contributed by atoms with van der Waals surface area (Å²) in [5.41, 5.74) is 1.07. The van der Waals surface area contributed by atoms with Crippen LogP contribution in [0.2, 0.25) is 0 Å². The van der Waals surface area contributed by atoms with E-state index >= 15 is 0 Å². The first-order valence-electron chi connectivity index (χ1n) is 6.25. The Balaban J connectivity index is 1.75. The number of esters is 1. The summed E-state index contributed by atoms with van der Waals surface area (Å²) in [4.78, 5) is 11.7. The second kappa shape index (κ2) is 7.46. The van der Waals surface area contributed by atoms with Gasteiger partial charge in [-0.3, -0.25) is 0 Å². The minimum Gasteiger partial charge on any atom is -0.490 e. The minimum atomic E-state index is -0.383. The summed E-state index contributed by atoms with van der Waals surface area (Å²) in [6.07, 6.45) is 0. The van der Waals surface area contributed by atoms with Crippen molar-refractivity contribution in [1.82, 2.24) is 0 Å². The molecule has 106 valence electrons. The number of hydrogen-bond donors (Lipinski definition) is 0. The number of hydrogen-bond acceptors (Lipinski definition) is 4. The maximum Gasteiger partial charge on any atom is 0.338 e. The first kappa shape index (κ1) is 15.1. The smallest absolute Gasteiger partial charge is 0.338 e. The highest BCUT2D eigenvalue weighted by atomic mass is 79.9. The van der Waals surface area contributed by atoms with Gasteiger partial charge in [0.2, 0.25) is 0 Å². The second-order valence-electron chi connectivity index (χ2n) is 4.13. The summed E-state index contributed by atoms with van der Waals surface area (Å²) in [6.45, 7) is 0.420. The summed E-state index contributed by atoms with van der Waals surface area (Å²) < 4.78 is 11.4. The van der Waals surface area contributed by atoms with E-state index in [0.29, 0.717) is 16.9 Å². The molecule has 0 bridgehead atoms. The van der Waals surface area contributed by atoms with E-state index in [1.165, 1.54) is 0 Å². The van der Waals surface area contributed by atoms with Gasteiger partial charge in [0, 0.05) is 4.47 Å². The Morgan fingerprint density at radius 3 is 2.33 bits per heavy atom. The van der Waals surface area contributed by atoms with Crippen LogP contribution in [-0.2, 0) is 4.74 Å². The van der Waals surface area contributed by atoms with Crippen LogP contribution in [0.5, 0.6) is 5.75 Å². The molecular weight excluding hydrogens is 334 g/mol. The van der Waals surface area contributed by atoms with Gasteiger partial charge in [-0.15, -0.1) is 0 Å². The highest BCUT2D eigenvalue weighted by molar-refractivity contribution is 9.10. The summed E-state index contributed by atoms with van der Waals surface area (Å²) in [7, 11) is 0. The molecule has 0 aliphatic rings. The Labute approximate surface area is 131 Å². The third-order valence-electron chi connectivity index (χ3n) is 2.65. The van der Waals surface area contributed by atoms with Gasteiger partial charge in [0.15, 0.2) is 0 Å². The molecule has 0 fully saturated rings. The number of rotatable bonds is 5. The van der Waals surface area contributed by atoms with E-state index in [1.54, 1.807) is 48.5 Å². The van der Waals surface area contributed by atoms with E-state index < -0.39 is 0 Å². The van der Waals surface area contributed by atoms with E-state index in [-0.39, 0.29) is 19.2 Å². The van der Waals surface area contributed by atoms with E-state index in [2.05, 4.69) is 15.9 Å². The van der Waals surface area contributed by atoms with Crippen LogP contribution in [0, 0.1) is 11.3 Å². The van der Waals surface area contributed by atoms with Gasteiger partial charge in [-0.05, 0) is 48.5 Å². The van der Waals surface area contributed by atoms with E-state index in [4.69, 9.17) is 14.7 Å². The fourth-order valence-corrected chi connectivity index (χ4v) is 1.85. The third-order valence-corrected chi connectivity index (χ3v) is 3.18. The topological polar surface area (TPSA) is 59.3 Å². The molecule has 0 heterocycles. The molecule has 21 heavy (non-hydrogen) atoms. The molecule has 2 aromatic rings. The van der Waals surface area contributed by atoms with Crippen molar-refractivity contribution < 1.29 is 14.3 Å². The average Bonchev–Trinajstić information content (AvgIpc) is 2.52. The van der Waals surface area contributed by atoms with Gasteiger partial charge in [0.05, 0.1) is 17.2 Å². The maximum atomic E-state index is 11.7. The van der Waals surface area contributed by atoms with Gasteiger partial charge < -0.3 is 9.47 Å². The average molecular weight is 346 g/mol. The molecule has 2 rings (SSSR count). The van der Waals surface area contributed by atoms with Crippen molar-refractivity contribution in [3.05, 3.63) is 64.1 Å². The summed E-state index contributed by atoms with van der Waals surface area (Å²) in [5.74, 6) is 0.250. The van der Waals surface area contributed by atoms with Crippen LogP contribution < -0.4 is 4.74 Å². The van der Waals surface area contributed by atoms with Crippen LogP contribution in [0.25, 0.3) is 0 Å². The highest BCUT2D eigenvalue weighted by Gasteiger charge is 2.06. The fourth-order valence-electron chi connectivity index (χ4n) is 1.59. The van der Waals surface area contributed by atoms with Crippen LogP contribution in [0.15, 0.2) is 53.0 Å². The van der Waals surface area contributed by atoms with Crippen LogP contribution in [0.3, 0.4) is 0 Å². The van der Waals surface area contributed by atoms with Crippen molar-refractivity contribution >= 4 is 21.9 Å². The SMILES string of the molecule is N#Cc1ccc(OCCOC(=O)c2ccc(Br)cc2)cc1. The molecule has 2 aromatic carbocycles. The predicted molar refractivity (Wildman–Crippen MR) is 81.1 cm³/mol. The summed E-state index contributed by atoms with van der Waals surface area (Å²) >= 11 is 3.30. The molecule has 0 saturated heterocycles. The molecule has 0 radical (unpaired) electrons. The first-order chi connectivity index (χ1) is 10.2. The highest BCUT2D eigenvalue weighted by Crippen LogP contribution is 2.12. The van der Waals surface area contributed by atoms with Crippen LogP contribution in [-0.4, -0.2) is 19.2 Å². The number of carbonyl (C=O) groups excluding carboxylic acids is 1. The zero-order chi connectivity index (χ0) is 15.1. The zero-order valence-electron chi connectivity index (χ0n) is 11.1. The standard InChI is InChI=1S/C16H12BrNO3/c17-14-5-3-13(4-6-14)16(19)21-10-9-20-15-7-1-12(11-18)2-8-15/h1-8H,9-10H2. The lowest BCUT2D eigenvalue weighted by Crippen LogP contribution is -2.12. The lowest BCUT2D eigenvalue weighted by atomic mass is 10.2. The zero-order valence-corrected chi connectivity index (χ0v) is 12.7. The predicted octanol–water partition coefficient (Wildman–Crippen LogP) is 3.56. The van der Waals surface area contributed by atoms with E-state index in [9.17, 15) is 4.79 Å². The Bertz CT molecular complexity index is 645. The summed E-state index contributed by atoms with van der Waals surface area (Å²) in [6, 6.07) is 15.7. The van der Waals surface area contributed by atoms with Crippen molar-refractivity contribution in [1.29, 1.82) is 5.26 Å². The van der Waals surface area contributed by atoms with Gasteiger partial charge in [-0.1, -0.05) is 15.9 Å². The Morgan fingerprint density at radius 2 is 1.71 bits per heavy atom. The molecule has 0 aromatic heterocycles. The molecule has 0 N–H and O–H groups in total. The number of nitriles is 1. The number of carbonyl (C=O) groups is 1. The Morgan fingerprint density at radius 1 is 1.05 bits per heavy atom. The van der Waals surface area contributed by atoms with Crippen LogP contribution >= 0.6 is 15.9 Å². The quantitative estimate of drug-likeness (QED) is 0.614. The molecule has 0 amide bonds. The molecule has 0 aliphatic heterocycles. The second-order valence-corrected chi connectivity index (χ2v) is 5.04. The van der Waals surface area contributed by atoms with Crippen LogP contribution in [0.4, 0.5) is 0 Å². The van der Waals surface area contributed by atoms with Gasteiger partial charge in [-0.2, -0.15) is 5.26 Å². The van der Waals surface area contributed by atoms with Crippen molar-refractivity contribution in [2.75, 3.05) is 13.2 Å². The minimum absolute atomic E-state index is 0.162. The molecule has 0 saturated carbocycles. The number of ether oxygens (including phenoxy) is 2. The Kier molecular flexibility index (Phi) is 5.35. The monoisotopic (exact) mass is 345 g/mol. The molecule has 5 heteroatoms. The third kappa shape index (κ3) is 4.62. The van der Waals surface area contributed by atoms with Crippen LogP contribution in [0.1, 0.15) is 15.9 Å². The molecule has 0 aliphatic carbocycles. The van der Waals surface area contributed by atoms with Crippen molar-refractivity contribution in [3.8, 4) is 11.8 Å². The van der Waals surface area contributed by atoms with E-state index in [1.807, 2.05) is 6.07 Å². The lowest BCUT2D eigenvalue weighted by molar-refractivity contribution is 0.0450. The van der Waals surface area contributed by atoms with Crippen molar-refractivity contribution in [2.24, 2.45) is 0 Å². The Hall–Kier alpha value is -2.32. The molecule has 4 nitrogen and oxygen atoms in total. The van der Waals surface area contributed by atoms with E-state index in [0.717, 1.165) is 4.47 Å². The largest absolute Gasteiger partial charge is 0.490 e. The van der Waals surface area contributed by atoms with Gasteiger partial charge in [-0.25, -0.2) is 4.79 Å². The van der Waals surface area contributed by atoms with Gasteiger partial charge >= 0.3 is 5.97 Å².